The Bertz CT molecular complexity index is 3990. The average Bonchev–Trinajstić information content (AvgIpc) is 3.79. The zero-order chi connectivity index (χ0) is 43.6. The summed E-state index contributed by atoms with van der Waals surface area (Å²) in [5.74, 6) is 0. The summed E-state index contributed by atoms with van der Waals surface area (Å²) in [4.78, 5) is 2.39. The summed E-state index contributed by atoms with van der Waals surface area (Å²) in [5.41, 5.74) is 14.3. The highest BCUT2D eigenvalue weighted by Gasteiger charge is 2.21. The van der Waals surface area contributed by atoms with Crippen LogP contribution in [0, 0.1) is 0 Å². The van der Waals surface area contributed by atoms with E-state index >= 15 is 0 Å². The Hall–Kier alpha value is -8.72. The number of hydrogen-bond donors (Lipinski definition) is 0. The Morgan fingerprint density at radius 2 is 0.727 bits per heavy atom. The normalized spacial score (nSPS) is 11.6. The molecule has 12 aromatic carbocycles. The lowest BCUT2D eigenvalue weighted by Crippen LogP contribution is -2.11. The predicted molar refractivity (Wildman–Crippen MR) is 280 cm³/mol. The highest BCUT2D eigenvalue weighted by atomic mass is 16.3. The van der Waals surface area contributed by atoms with Crippen molar-refractivity contribution < 1.29 is 4.42 Å². The number of fused-ring (bicyclic) bond motifs is 9. The van der Waals surface area contributed by atoms with Crippen molar-refractivity contribution in [2.24, 2.45) is 0 Å². The van der Waals surface area contributed by atoms with Crippen LogP contribution in [0.2, 0.25) is 0 Å². The number of benzene rings is 12. The minimum Gasteiger partial charge on any atom is -0.455 e. The highest BCUT2D eigenvalue weighted by molar-refractivity contribution is 6.18. The van der Waals surface area contributed by atoms with Crippen LogP contribution >= 0.6 is 0 Å². The maximum absolute atomic E-state index is 6.94. The van der Waals surface area contributed by atoms with E-state index in [9.17, 15) is 0 Å². The second-order valence-electron chi connectivity index (χ2n) is 17.2. The average molecular weight is 840 g/mol. The van der Waals surface area contributed by atoms with Gasteiger partial charge < -0.3 is 9.32 Å². The Morgan fingerprint density at radius 1 is 0.242 bits per heavy atom. The molecule has 0 aliphatic heterocycles. The fraction of sp³-hybridized carbons (Fsp3) is 0. The molecule has 0 aliphatic rings. The highest BCUT2D eigenvalue weighted by Crippen LogP contribution is 2.46. The van der Waals surface area contributed by atoms with Crippen molar-refractivity contribution in [1.29, 1.82) is 0 Å². The Balaban J connectivity index is 0.951. The van der Waals surface area contributed by atoms with E-state index in [1.54, 1.807) is 0 Å². The third-order valence-corrected chi connectivity index (χ3v) is 13.5. The molecule has 1 heterocycles. The molecule has 0 saturated heterocycles. The molecule has 13 rings (SSSR count). The molecule has 0 amide bonds. The first-order valence-electron chi connectivity index (χ1n) is 22.7. The first-order valence-corrected chi connectivity index (χ1v) is 22.7. The monoisotopic (exact) mass is 839 g/mol. The molecule has 13 aromatic rings. The Labute approximate surface area is 382 Å². The molecule has 0 N–H and O–H groups in total. The quantitative estimate of drug-likeness (QED) is 0.149. The van der Waals surface area contributed by atoms with Gasteiger partial charge in [0.2, 0.25) is 0 Å². The fourth-order valence-corrected chi connectivity index (χ4v) is 10.3. The molecule has 0 atom stereocenters. The van der Waals surface area contributed by atoms with Gasteiger partial charge >= 0.3 is 0 Å². The lowest BCUT2D eigenvalue weighted by molar-refractivity contribution is 0.674. The molecule has 1 aromatic heterocycles. The van der Waals surface area contributed by atoms with Crippen LogP contribution < -0.4 is 4.90 Å². The molecule has 0 unspecified atom stereocenters. The summed E-state index contributed by atoms with van der Waals surface area (Å²) in [7, 11) is 0. The largest absolute Gasteiger partial charge is 0.455 e. The van der Waals surface area contributed by atoms with Gasteiger partial charge in [-0.15, -0.1) is 0 Å². The summed E-state index contributed by atoms with van der Waals surface area (Å²) >= 11 is 0. The van der Waals surface area contributed by atoms with Crippen molar-refractivity contribution in [2.75, 3.05) is 4.90 Å². The Kier molecular flexibility index (Phi) is 8.89. The van der Waals surface area contributed by atoms with Gasteiger partial charge in [0, 0.05) is 38.7 Å². The summed E-state index contributed by atoms with van der Waals surface area (Å²) in [6, 6.07) is 90.2. The van der Waals surface area contributed by atoms with Crippen LogP contribution in [-0.2, 0) is 0 Å². The van der Waals surface area contributed by atoms with Gasteiger partial charge in [-0.3, -0.25) is 0 Å². The molecule has 0 radical (unpaired) electrons. The number of para-hydroxylation sites is 2. The van der Waals surface area contributed by atoms with E-state index in [1.807, 2.05) is 0 Å². The van der Waals surface area contributed by atoms with Gasteiger partial charge in [-0.25, -0.2) is 0 Å². The van der Waals surface area contributed by atoms with E-state index in [1.165, 1.54) is 65.5 Å². The maximum atomic E-state index is 6.94. The van der Waals surface area contributed by atoms with Gasteiger partial charge in [0.25, 0.3) is 0 Å². The molecule has 2 heteroatoms. The molecule has 308 valence electrons. The lowest BCUT2D eigenvalue weighted by atomic mass is 9.94. The third kappa shape index (κ3) is 6.26. The van der Waals surface area contributed by atoms with Crippen LogP contribution in [0.15, 0.2) is 253 Å². The predicted octanol–water partition coefficient (Wildman–Crippen LogP) is 18.3. The van der Waals surface area contributed by atoms with Crippen LogP contribution in [-0.4, -0.2) is 0 Å². The molecule has 2 nitrogen and oxygen atoms in total. The van der Waals surface area contributed by atoms with Crippen molar-refractivity contribution >= 4 is 82.1 Å². The van der Waals surface area contributed by atoms with Crippen molar-refractivity contribution in [1.82, 2.24) is 0 Å². The zero-order valence-electron chi connectivity index (χ0n) is 36.0. The van der Waals surface area contributed by atoms with Gasteiger partial charge in [0.05, 0.1) is 5.69 Å². The smallest absolute Gasteiger partial charge is 0.143 e. The molecule has 66 heavy (non-hydrogen) atoms. The topological polar surface area (TPSA) is 16.4 Å². The molecule has 0 saturated carbocycles. The standard InChI is InChI=1S/C64H41NO/c1-4-19-51-43(13-1)16-10-23-54(51)48-18-9-17-47(41-48)42-29-35-49(36-30-42)65(50-37-31-46(32-38-50)53-24-11-25-56-52-20-5-2-14-44(52)33-39-57(53)56)62-28-8-7-22-58(62)59-26-12-27-60-61-40-34-45-15-3-6-21-55(45)63(61)66-64(59)60/h1-41H. The number of rotatable bonds is 7. The lowest BCUT2D eigenvalue weighted by Gasteiger charge is -2.28. The second kappa shape index (κ2) is 15.5. The van der Waals surface area contributed by atoms with E-state index in [4.69, 9.17) is 4.42 Å². The van der Waals surface area contributed by atoms with E-state index in [0.29, 0.717) is 0 Å². The van der Waals surface area contributed by atoms with Gasteiger partial charge in [-0.2, -0.15) is 0 Å². The SMILES string of the molecule is c1cc(-c2ccc(N(c3ccc(-c4cccc5c4ccc4ccccc45)cc3)c3ccccc3-c3cccc4c3oc3c5ccccc5ccc43)cc2)cc(-c2cccc3ccccc23)c1. The van der Waals surface area contributed by atoms with Crippen molar-refractivity contribution in [3.05, 3.63) is 249 Å². The summed E-state index contributed by atoms with van der Waals surface area (Å²) in [5, 5.41) is 12.1. The zero-order valence-corrected chi connectivity index (χ0v) is 36.0. The van der Waals surface area contributed by atoms with E-state index < -0.39 is 0 Å². The fourth-order valence-electron chi connectivity index (χ4n) is 10.3. The van der Waals surface area contributed by atoms with Crippen LogP contribution in [0.5, 0.6) is 0 Å². The number of nitrogens with zero attached hydrogens (tertiary/aromatic N) is 1. The van der Waals surface area contributed by atoms with Crippen LogP contribution in [0.4, 0.5) is 17.1 Å². The van der Waals surface area contributed by atoms with E-state index in [-0.39, 0.29) is 0 Å². The molecular weight excluding hydrogens is 799 g/mol. The van der Waals surface area contributed by atoms with E-state index in [2.05, 4.69) is 254 Å². The minimum atomic E-state index is 0.886. The van der Waals surface area contributed by atoms with Gasteiger partial charge in [-0.05, 0) is 114 Å². The number of hydrogen-bond acceptors (Lipinski definition) is 2. The maximum Gasteiger partial charge on any atom is 0.143 e. The number of furan rings is 1. The third-order valence-electron chi connectivity index (χ3n) is 13.5. The van der Waals surface area contributed by atoms with Crippen molar-refractivity contribution in [2.45, 2.75) is 0 Å². The molecule has 0 aliphatic carbocycles. The van der Waals surface area contributed by atoms with Gasteiger partial charge in [-0.1, -0.05) is 206 Å². The summed E-state index contributed by atoms with van der Waals surface area (Å²) in [6.45, 7) is 0. The number of anilines is 3. The molecule has 0 spiro atoms. The molecular formula is C64H41NO. The second-order valence-corrected chi connectivity index (χ2v) is 17.2. The van der Waals surface area contributed by atoms with Crippen LogP contribution in [0.1, 0.15) is 0 Å². The summed E-state index contributed by atoms with van der Waals surface area (Å²) in [6.07, 6.45) is 0. The van der Waals surface area contributed by atoms with Gasteiger partial charge in [0.15, 0.2) is 0 Å². The van der Waals surface area contributed by atoms with Crippen LogP contribution in [0.3, 0.4) is 0 Å². The van der Waals surface area contributed by atoms with Crippen molar-refractivity contribution in [3.63, 3.8) is 0 Å². The first-order chi connectivity index (χ1) is 32.7. The molecule has 0 fully saturated rings. The van der Waals surface area contributed by atoms with Crippen LogP contribution in [0.25, 0.3) is 110 Å². The van der Waals surface area contributed by atoms with Gasteiger partial charge in [0.1, 0.15) is 11.2 Å². The first kappa shape index (κ1) is 37.8. The van der Waals surface area contributed by atoms with Crippen molar-refractivity contribution in [3.8, 4) is 44.5 Å². The summed E-state index contributed by atoms with van der Waals surface area (Å²) < 4.78 is 6.94. The molecule has 0 bridgehead atoms. The minimum absolute atomic E-state index is 0.886. The van der Waals surface area contributed by atoms with E-state index in [0.717, 1.165) is 61.1 Å². The Morgan fingerprint density at radius 3 is 1.50 bits per heavy atom.